The zero-order chi connectivity index (χ0) is 13.0. The summed E-state index contributed by atoms with van der Waals surface area (Å²) < 4.78 is 0. The maximum atomic E-state index is 4.50. The van der Waals surface area contributed by atoms with Crippen LogP contribution in [-0.2, 0) is 6.42 Å². The number of hydrogen-bond acceptors (Lipinski definition) is 3. The molecule has 3 heteroatoms. The number of aromatic nitrogens is 1. The minimum atomic E-state index is 0.378. The van der Waals surface area contributed by atoms with Crippen molar-refractivity contribution < 1.29 is 0 Å². The molecule has 0 amide bonds. The van der Waals surface area contributed by atoms with Crippen LogP contribution >= 0.6 is 11.3 Å². The first kappa shape index (κ1) is 13.2. The summed E-state index contributed by atoms with van der Waals surface area (Å²) in [6.45, 7) is 7.45. The molecule has 18 heavy (non-hydrogen) atoms. The second kappa shape index (κ2) is 6.12. The first-order chi connectivity index (χ1) is 8.72. The maximum absolute atomic E-state index is 4.50. The monoisotopic (exact) mass is 260 g/mol. The van der Waals surface area contributed by atoms with E-state index in [4.69, 9.17) is 0 Å². The number of aryl methyl sites for hydroxylation is 2. The van der Waals surface area contributed by atoms with Gasteiger partial charge in [-0.1, -0.05) is 13.0 Å². The van der Waals surface area contributed by atoms with Gasteiger partial charge in [-0.2, -0.15) is 0 Å². The highest BCUT2D eigenvalue weighted by atomic mass is 32.1. The third kappa shape index (κ3) is 2.98. The normalized spacial score (nSPS) is 12.6. The lowest BCUT2D eigenvalue weighted by atomic mass is 10.0. The van der Waals surface area contributed by atoms with Gasteiger partial charge in [-0.3, -0.25) is 4.98 Å². The van der Waals surface area contributed by atoms with Crippen LogP contribution in [-0.4, -0.2) is 11.5 Å². The summed E-state index contributed by atoms with van der Waals surface area (Å²) in [7, 11) is 0. The highest BCUT2D eigenvalue weighted by Crippen LogP contribution is 2.27. The lowest BCUT2D eigenvalue weighted by Gasteiger charge is -2.18. The minimum Gasteiger partial charge on any atom is -0.309 e. The fraction of sp³-hybridized carbons (Fsp3) is 0.400. The summed E-state index contributed by atoms with van der Waals surface area (Å²) in [6, 6.07) is 6.70. The smallest absolute Gasteiger partial charge is 0.0473 e. The third-order valence-electron chi connectivity index (χ3n) is 3.18. The molecule has 0 fully saturated rings. The molecule has 2 nitrogen and oxygen atoms in total. The second-order valence-corrected chi connectivity index (χ2v) is 5.50. The third-order valence-corrected chi connectivity index (χ3v) is 4.32. The molecule has 0 spiro atoms. The SMILES string of the molecule is CCNC(Cc1ncccc1C)c1sccc1C. The van der Waals surface area contributed by atoms with Crippen LogP contribution in [0.5, 0.6) is 0 Å². The summed E-state index contributed by atoms with van der Waals surface area (Å²) in [5, 5.41) is 5.74. The summed E-state index contributed by atoms with van der Waals surface area (Å²) in [4.78, 5) is 5.94. The average molecular weight is 260 g/mol. The molecule has 1 unspecified atom stereocenters. The van der Waals surface area contributed by atoms with Crippen LogP contribution in [0.15, 0.2) is 29.8 Å². The maximum Gasteiger partial charge on any atom is 0.0473 e. The average Bonchev–Trinajstić information content (AvgIpc) is 2.78. The summed E-state index contributed by atoms with van der Waals surface area (Å²) in [5.41, 5.74) is 3.84. The van der Waals surface area contributed by atoms with E-state index < -0.39 is 0 Å². The van der Waals surface area contributed by atoms with E-state index in [1.807, 2.05) is 23.6 Å². The van der Waals surface area contributed by atoms with Crippen LogP contribution in [0.2, 0.25) is 0 Å². The number of nitrogens with zero attached hydrogens (tertiary/aromatic N) is 1. The van der Waals surface area contributed by atoms with E-state index in [1.54, 1.807) is 0 Å². The van der Waals surface area contributed by atoms with Crippen LogP contribution in [0.3, 0.4) is 0 Å². The number of hydrogen-bond donors (Lipinski definition) is 1. The van der Waals surface area contributed by atoms with Crippen molar-refractivity contribution in [3.8, 4) is 0 Å². The molecule has 0 saturated heterocycles. The molecule has 0 bridgehead atoms. The first-order valence-corrected chi connectivity index (χ1v) is 7.28. The van der Waals surface area contributed by atoms with Crippen molar-refractivity contribution in [2.75, 3.05) is 6.54 Å². The fourth-order valence-corrected chi connectivity index (χ4v) is 3.17. The largest absolute Gasteiger partial charge is 0.309 e. The number of rotatable bonds is 5. The molecule has 0 radical (unpaired) electrons. The Labute approximate surface area is 113 Å². The van der Waals surface area contributed by atoms with Gasteiger partial charge in [-0.05, 0) is 49.0 Å². The van der Waals surface area contributed by atoms with Gasteiger partial charge < -0.3 is 5.32 Å². The zero-order valence-corrected chi connectivity index (χ0v) is 12.1. The molecular formula is C15H20N2S. The summed E-state index contributed by atoms with van der Waals surface area (Å²) in [6.07, 6.45) is 2.84. The van der Waals surface area contributed by atoms with Gasteiger partial charge in [0.25, 0.3) is 0 Å². The molecule has 2 aromatic heterocycles. The Morgan fingerprint density at radius 2 is 2.11 bits per heavy atom. The van der Waals surface area contributed by atoms with E-state index in [9.17, 15) is 0 Å². The Kier molecular flexibility index (Phi) is 4.50. The van der Waals surface area contributed by atoms with Crippen molar-refractivity contribution in [2.45, 2.75) is 33.2 Å². The quantitative estimate of drug-likeness (QED) is 0.887. The van der Waals surface area contributed by atoms with E-state index in [1.165, 1.54) is 21.7 Å². The molecule has 0 aliphatic carbocycles. The van der Waals surface area contributed by atoms with Crippen LogP contribution in [0.25, 0.3) is 0 Å². The molecule has 2 heterocycles. The Morgan fingerprint density at radius 3 is 2.72 bits per heavy atom. The van der Waals surface area contributed by atoms with Crippen LogP contribution in [0.1, 0.15) is 34.7 Å². The molecule has 0 aromatic carbocycles. The Morgan fingerprint density at radius 1 is 1.28 bits per heavy atom. The molecule has 2 rings (SSSR count). The fourth-order valence-electron chi connectivity index (χ4n) is 2.17. The molecule has 1 atom stereocenters. The number of pyridine rings is 1. The zero-order valence-electron chi connectivity index (χ0n) is 11.2. The van der Waals surface area contributed by atoms with Crippen LogP contribution < -0.4 is 5.32 Å². The van der Waals surface area contributed by atoms with Gasteiger partial charge >= 0.3 is 0 Å². The lowest BCUT2D eigenvalue weighted by molar-refractivity contribution is 0.549. The predicted octanol–water partition coefficient (Wildman–Crippen LogP) is 3.65. The van der Waals surface area contributed by atoms with E-state index >= 15 is 0 Å². The van der Waals surface area contributed by atoms with E-state index in [-0.39, 0.29) is 0 Å². The lowest BCUT2D eigenvalue weighted by Crippen LogP contribution is -2.23. The first-order valence-electron chi connectivity index (χ1n) is 6.40. The Balaban J connectivity index is 2.22. The molecule has 0 saturated carbocycles. The molecule has 0 aliphatic rings. The molecule has 0 aliphatic heterocycles. The molecule has 96 valence electrons. The van der Waals surface area contributed by atoms with E-state index in [0.29, 0.717) is 6.04 Å². The van der Waals surface area contributed by atoms with Gasteiger partial charge in [0.15, 0.2) is 0 Å². The van der Waals surface area contributed by atoms with Crippen molar-refractivity contribution in [3.05, 3.63) is 51.5 Å². The van der Waals surface area contributed by atoms with Crippen molar-refractivity contribution >= 4 is 11.3 Å². The number of nitrogens with one attached hydrogen (secondary N) is 1. The molecular weight excluding hydrogens is 240 g/mol. The summed E-state index contributed by atoms with van der Waals surface area (Å²) >= 11 is 1.83. The van der Waals surface area contributed by atoms with Gasteiger partial charge in [0.2, 0.25) is 0 Å². The van der Waals surface area contributed by atoms with E-state index in [0.717, 1.165) is 13.0 Å². The number of likely N-dealkylation sites (N-methyl/N-ethyl adjacent to an activating group) is 1. The van der Waals surface area contributed by atoms with Gasteiger partial charge in [-0.15, -0.1) is 11.3 Å². The molecule has 2 aromatic rings. The van der Waals surface area contributed by atoms with Gasteiger partial charge in [0.1, 0.15) is 0 Å². The second-order valence-electron chi connectivity index (χ2n) is 4.55. The van der Waals surface area contributed by atoms with Crippen LogP contribution in [0.4, 0.5) is 0 Å². The van der Waals surface area contributed by atoms with Crippen molar-refractivity contribution in [1.29, 1.82) is 0 Å². The predicted molar refractivity (Wildman–Crippen MR) is 78.2 cm³/mol. The van der Waals surface area contributed by atoms with Gasteiger partial charge in [0.05, 0.1) is 0 Å². The van der Waals surface area contributed by atoms with Gasteiger partial charge in [0, 0.05) is 29.2 Å². The van der Waals surface area contributed by atoms with Crippen molar-refractivity contribution in [1.82, 2.24) is 10.3 Å². The Bertz CT molecular complexity index is 505. The highest BCUT2D eigenvalue weighted by Gasteiger charge is 2.16. The minimum absolute atomic E-state index is 0.378. The van der Waals surface area contributed by atoms with Gasteiger partial charge in [-0.25, -0.2) is 0 Å². The number of thiophene rings is 1. The topological polar surface area (TPSA) is 24.9 Å². The Hall–Kier alpha value is -1.19. The van der Waals surface area contributed by atoms with Crippen LogP contribution in [0, 0.1) is 13.8 Å². The summed E-state index contributed by atoms with van der Waals surface area (Å²) in [5.74, 6) is 0. The van der Waals surface area contributed by atoms with E-state index in [2.05, 4.69) is 48.6 Å². The molecule has 1 N–H and O–H groups in total. The van der Waals surface area contributed by atoms with Crippen molar-refractivity contribution in [2.24, 2.45) is 0 Å². The van der Waals surface area contributed by atoms with Crippen molar-refractivity contribution in [3.63, 3.8) is 0 Å². The standard InChI is InChI=1S/C15H20N2S/c1-4-16-14(15-12(3)7-9-18-15)10-13-11(2)6-5-8-17-13/h5-9,14,16H,4,10H2,1-3H3. The highest BCUT2D eigenvalue weighted by molar-refractivity contribution is 7.10.